The Bertz CT molecular complexity index is 110. The van der Waals surface area contributed by atoms with Crippen LogP contribution in [0, 0.1) is 0 Å². The summed E-state index contributed by atoms with van der Waals surface area (Å²) >= 11 is 0. The summed E-state index contributed by atoms with van der Waals surface area (Å²) in [6.45, 7) is 14.3. The average molecular weight is 218 g/mol. The summed E-state index contributed by atoms with van der Waals surface area (Å²) in [5.74, 6) is 1.25. The first-order chi connectivity index (χ1) is 7.14. The molecule has 0 aliphatic rings. The van der Waals surface area contributed by atoms with Crippen LogP contribution in [0.25, 0.3) is 0 Å². The molecule has 0 heterocycles. The average Bonchev–Trinajstić information content (AvgIpc) is 2.20. The standard InChI is InChI=1S/C6H14O2.C4H10.C2H2O/c1-4-7-6(3)8-5-2;1-3-4-2;1-2-3/h6H,4-5H2,1-3H3;3-4H2,1-2H3;1H2. The van der Waals surface area contributed by atoms with Gasteiger partial charge < -0.3 is 9.47 Å². The summed E-state index contributed by atoms with van der Waals surface area (Å²) in [5.41, 5.74) is 0. The molecule has 0 spiro atoms. The molecule has 92 valence electrons. The Hall–Kier alpha value is -0.630. The van der Waals surface area contributed by atoms with E-state index in [-0.39, 0.29) is 6.29 Å². The lowest BCUT2D eigenvalue weighted by Gasteiger charge is -2.09. The number of rotatable bonds is 5. The van der Waals surface area contributed by atoms with E-state index in [2.05, 4.69) is 20.4 Å². The number of ether oxygens (including phenoxy) is 2. The van der Waals surface area contributed by atoms with Crippen LogP contribution < -0.4 is 0 Å². The molecule has 3 nitrogen and oxygen atoms in total. The van der Waals surface area contributed by atoms with Crippen LogP contribution in [-0.4, -0.2) is 25.4 Å². The lowest BCUT2D eigenvalue weighted by molar-refractivity contribution is -0.123. The van der Waals surface area contributed by atoms with E-state index in [9.17, 15) is 0 Å². The van der Waals surface area contributed by atoms with Crippen LogP contribution in [0.3, 0.4) is 0 Å². The molecule has 0 fully saturated rings. The van der Waals surface area contributed by atoms with Crippen molar-refractivity contribution in [3.63, 3.8) is 0 Å². The third-order valence-electron chi connectivity index (χ3n) is 1.30. The van der Waals surface area contributed by atoms with Gasteiger partial charge in [0.15, 0.2) is 6.29 Å². The minimum atomic E-state index is -0.0370. The number of hydrogen-bond donors (Lipinski definition) is 0. The van der Waals surface area contributed by atoms with E-state index in [0.717, 1.165) is 13.2 Å². The summed E-state index contributed by atoms with van der Waals surface area (Å²) in [7, 11) is 0. The normalized spacial score (nSPS) is 8.13. The fraction of sp³-hybridized carbons (Fsp3) is 0.833. The maximum atomic E-state index is 8.57. The molecule has 0 atom stereocenters. The van der Waals surface area contributed by atoms with Crippen molar-refractivity contribution in [1.82, 2.24) is 0 Å². The Morgan fingerprint density at radius 3 is 1.47 bits per heavy atom. The fourth-order valence-electron chi connectivity index (χ4n) is 0.518. The zero-order chi connectivity index (χ0) is 12.5. The smallest absolute Gasteiger partial charge is 0.154 e. The maximum Gasteiger partial charge on any atom is 0.154 e. The van der Waals surface area contributed by atoms with Gasteiger partial charge in [-0.3, -0.25) is 0 Å². The second-order valence-corrected chi connectivity index (χ2v) is 2.62. The summed E-state index contributed by atoms with van der Waals surface area (Å²) in [6.07, 6.45) is 2.60. The van der Waals surface area contributed by atoms with Gasteiger partial charge in [0, 0.05) is 13.2 Å². The van der Waals surface area contributed by atoms with Gasteiger partial charge in [0.1, 0.15) is 5.94 Å². The fourth-order valence-corrected chi connectivity index (χ4v) is 0.518. The van der Waals surface area contributed by atoms with Gasteiger partial charge in [-0.25, -0.2) is 4.79 Å². The monoisotopic (exact) mass is 218 g/mol. The van der Waals surface area contributed by atoms with Gasteiger partial charge in [0.25, 0.3) is 0 Å². The Labute approximate surface area is 94.5 Å². The molecular weight excluding hydrogens is 192 g/mol. The molecule has 0 aliphatic carbocycles. The molecular formula is C12H26O3. The second kappa shape index (κ2) is 23.3. The SMILES string of the molecule is C=C=O.CCCC.CCOC(C)OCC. The summed E-state index contributed by atoms with van der Waals surface area (Å²) in [6, 6.07) is 0. The third-order valence-corrected chi connectivity index (χ3v) is 1.30. The first-order valence-corrected chi connectivity index (χ1v) is 5.51. The summed E-state index contributed by atoms with van der Waals surface area (Å²) < 4.78 is 10.1. The van der Waals surface area contributed by atoms with Crippen LogP contribution in [0.5, 0.6) is 0 Å². The molecule has 0 saturated carbocycles. The molecule has 0 aliphatic heterocycles. The molecule has 0 saturated heterocycles. The van der Waals surface area contributed by atoms with Crippen molar-refractivity contribution in [2.24, 2.45) is 0 Å². The quantitative estimate of drug-likeness (QED) is 0.525. The van der Waals surface area contributed by atoms with Crippen molar-refractivity contribution in [3.8, 4) is 0 Å². The van der Waals surface area contributed by atoms with Crippen LogP contribution in [0.15, 0.2) is 6.58 Å². The number of hydrogen-bond acceptors (Lipinski definition) is 3. The first-order valence-electron chi connectivity index (χ1n) is 5.51. The van der Waals surface area contributed by atoms with Crippen molar-refractivity contribution in [2.75, 3.05) is 13.2 Å². The molecule has 0 N–H and O–H groups in total. The van der Waals surface area contributed by atoms with E-state index >= 15 is 0 Å². The first kappa shape index (κ1) is 19.9. The molecule has 0 aromatic heterocycles. The van der Waals surface area contributed by atoms with Crippen LogP contribution >= 0.6 is 0 Å². The van der Waals surface area contributed by atoms with E-state index < -0.39 is 0 Å². The molecule has 0 aromatic carbocycles. The van der Waals surface area contributed by atoms with Crippen molar-refractivity contribution < 1.29 is 14.3 Å². The Morgan fingerprint density at radius 2 is 1.33 bits per heavy atom. The van der Waals surface area contributed by atoms with Crippen molar-refractivity contribution in [1.29, 1.82) is 0 Å². The van der Waals surface area contributed by atoms with Gasteiger partial charge in [-0.05, 0) is 27.4 Å². The van der Waals surface area contributed by atoms with E-state index in [1.807, 2.05) is 20.8 Å². The minimum absolute atomic E-state index is 0.0370. The van der Waals surface area contributed by atoms with Crippen molar-refractivity contribution in [2.45, 2.75) is 53.8 Å². The van der Waals surface area contributed by atoms with E-state index in [4.69, 9.17) is 14.3 Å². The van der Waals surface area contributed by atoms with E-state index in [0.29, 0.717) is 0 Å². The van der Waals surface area contributed by atoms with Gasteiger partial charge in [-0.1, -0.05) is 26.7 Å². The molecule has 0 bridgehead atoms. The highest BCUT2D eigenvalue weighted by atomic mass is 16.7. The highest BCUT2D eigenvalue weighted by Crippen LogP contribution is 1.90. The molecule has 3 heteroatoms. The summed E-state index contributed by atoms with van der Waals surface area (Å²) in [5, 5.41) is 0. The molecule has 15 heavy (non-hydrogen) atoms. The highest BCUT2D eigenvalue weighted by Gasteiger charge is 1.94. The van der Waals surface area contributed by atoms with Gasteiger partial charge >= 0.3 is 0 Å². The number of unbranched alkanes of at least 4 members (excludes halogenated alkanes) is 1. The Morgan fingerprint density at radius 1 is 1.07 bits per heavy atom. The predicted molar refractivity (Wildman–Crippen MR) is 64.6 cm³/mol. The predicted octanol–water partition coefficient (Wildman–Crippen LogP) is 3.22. The van der Waals surface area contributed by atoms with Gasteiger partial charge in [0.2, 0.25) is 0 Å². The Balaban J connectivity index is -0.000000173. The van der Waals surface area contributed by atoms with Crippen molar-refractivity contribution in [3.05, 3.63) is 6.58 Å². The lowest BCUT2D eigenvalue weighted by Crippen LogP contribution is -2.11. The largest absolute Gasteiger partial charge is 0.353 e. The van der Waals surface area contributed by atoms with E-state index in [1.54, 1.807) is 0 Å². The van der Waals surface area contributed by atoms with E-state index in [1.165, 1.54) is 18.8 Å². The highest BCUT2D eigenvalue weighted by molar-refractivity contribution is 5.38. The maximum absolute atomic E-state index is 8.57. The van der Waals surface area contributed by atoms with Crippen LogP contribution in [0.4, 0.5) is 0 Å². The third kappa shape index (κ3) is 42.6. The minimum Gasteiger partial charge on any atom is -0.353 e. The molecule has 0 aromatic rings. The molecule has 0 rings (SSSR count). The molecule has 0 unspecified atom stereocenters. The van der Waals surface area contributed by atoms with Gasteiger partial charge in [-0.15, -0.1) is 0 Å². The molecule has 0 amide bonds. The topological polar surface area (TPSA) is 35.5 Å². The summed E-state index contributed by atoms with van der Waals surface area (Å²) in [4.78, 5) is 8.57. The second-order valence-electron chi connectivity index (χ2n) is 2.62. The van der Waals surface area contributed by atoms with Crippen LogP contribution in [0.1, 0.15) is 47.5 Å². The zero-order valence-electron chi connectivity index (χ0n) is 10.8. The van der Waals surface area contributed by atoms with Gasteiger partial charge in [0.05, 0.1) is 0 Å². The van der Waals surface area contributed by atoms with Crippen LogP contribution in [0.2, 0.25) is 0 Å². The number of carbonyl (C=O) groups excluding carboxylic acids is 1. The lowest BCUT2D eigenvalue weighted by atomic mass is 10.4. The molecule has 0 radical (unpaired) electrons. The van der Waals surface area contributed by atoms with Crippen molar-refractivity contribution >= 4 is 5.94 Å². The Kier molecular flexibility index (Phi) is 30.9. The zero-order valence-corrected chi connectivity index (χ0v) is 10.8. The van der Waals surface area contributed by atoms with Crippen LogP contribution in [-0.2, 0) is 14.3 Å². The van der Waals surface area contributed by atoms with Gasteiger partial charge in [-0.2, -0.15) is 0 Å².